The van der Waals surface area contributed by atoms with Crippen LogP contribution in [0.4, 0.5) is 0 Å². The molecule has 1 aromatic carbocycles. The van der Waals surface area contributed by atoms with Crippen molar-refractivity contribution in [2.45, 2.75) is 6.42 Å². The monoisotopic (exact) mass is 410 g/mol. The third-order valence-corrected chi connectivity index (χ3v) is 4.84. The third kappa shape index (κ3) is 3.86. The smallest absolute Gasteiger partial charge is 0.287 e. The van der Waals surface area contributed by atoms with Crippen LogP contribution in [0.5, 0.6) is 0 Å². The summed E-state index contributed by atoms with van der Waals surface area (Å²) >= 11 is 11.8. The Bertz CT molecular complexity index is 1120. The van der Waals surface area contributed by atoms with Crippen LogP contribution in [0.15, 0.2) is 67.0 Å². The van der Waals surface area contributed by atoms with Gasteiger partial charge in [0.2, 0.25) is 5.82 Å². The third-order valence-electron chi connectivity index (χ3n) is 4.36. The molecule has 1 amide bonds. The summed E-state index contributed by atoms with van der Waals surface area (Å²) < 4.78 is 1.78. The molecule has 0 saturated carbocycles. The molecule has 0 unspecified atom stereocenters. The molecule has 0 atom stereocenters. The Morgan fingerprint density at radius 3 is 2.61 bits per heavy atom. The van der Waals surface area contributed by atoms with Crippen LogP contribution in [-0.2, 0) is 6.42 Å². The second kappa shape index (κ2) is 8.00. The maximum absolute atomic E-state index is 12.7. The fourth-order valence-corrected chi connectivity index (χ4v) is 3.21. The van der Waals surface area contributed by atoms with Crippen LogP contribution in [0, 0.1) is 0 Å². The predicted octanol–water partition coefficient (Wildman–Crippen LogP) is 4.68. The van der Waals surface area contributed by atoms with Gasteiger partial charge in [0, 0.05) is 29.5 Å². The second-order valence-corrected chi connectivity index (χ2v) is 7.07. The van der Waals surface area contributed by atoms with Crippen LogP contribution >= 0.6 is 23.2 Å². The molecular weight excluding hydrogens is 395 g/mol. The molecule has 3 heterocycles. The average molecular weight is 411 g/mol. The van der Waals surface area contributed by atoms with E-state index in [0.717, 1.165) is 16.6 Å². The molecule has 0 aliphatic rings. The largest absolute Gasteiger partial charge is 0.349 e. The first kappa shape index (κ1) is 18.5. The van der Waals surface area contributed by atoms with Gasteiger partial charge in [0.25, 0.3) is 5.91 Å². The Labute approximate surface area is 172 Å². The van der Waals surface area contributed by atoms with Crippen molar-refractivity contribution in [1.29, 1.82) is 0 Å². The number of hydrogen-bond acceptors (Lipinski definition) is 3. The fourth-order valence-electron chi connectivity index (χ4n) is 2.98. The molecule has 7 heteroatoms. The van der Waals surface area contributed by atoms with Gasteiger partial charge in [0.05, 0.1) is 11.2 Å². The summed E-state index contributed by atoms with van der Waals surface area (Å²) in [4.78, 5) is 21.4. The summed E-state index contributed by atoms with van der Waals surface area (Å²) in [5.41, 5.74) is 3.42. The lowest BCUT2D eigenvalue weighted by Crippen LogP contribution is -2.27. The van der Waals surface area contributed by atoms with Crippen molar-refractivity contribution in [3.63, 3.8) is 0 Å². The summed E-state index contributed by atoms with van der Waals surface area (Å²) in [6.45, 7) is 0.500. The van der Waals surface area contributed by atoms with Gasteiger partial charge in [-0.15, -0.1) is 0 Å². The van der Waals surface area contributed by atoms with Crippen LogP contribution in [0.2, 0.25) is 10.2 Å². The molecule has 28 heavy (non-hydrogen) atoms. The summed E-state index contributed by atoms with van der Waals surface area (Å²) in [5.74, 6) is 0.0972. The highest BCUT2D eigenvalue weighted by atomic mass is 35.5. The minimum atomic E-state index is -0.233. The minimum Gasteiger partial charge on any atom is -0.349 e. The predicted molar refractivity (Wildman–Crippen MR) is 111 cm³/mol. The van der Waals surface area contributed by atoms with Gasteiger partial charge >= 0.3 is 0 Å². The van der Waals surface area contributed by atoms with E-state index in [1.165, 1.54) is 0 Å². The number of pyridine rings is 2. The van der Waals surface area contributed by atoms with Crippen molar-refractivity contribution >= 4 is 34.6 Å². The highest BCUT2D eigenvalue weighted by Crippen LogP contribution is 2.25. The van der Waals surface area contributed by atoms with Crippen LogP contribution in [0.3, 0.4) is 0 Å². The molecule has 1 N–H and O–H groups in total. The summed E-state index contributed by atoms with van der Waals surface area (Å²) in [6, 6.07) is 16.8. The molecule has 0 spiro atoms. The molecule has 0 saturated heterocycles. The SMILES string of the molecule is O=C(NCCc1ccc(Cl)cc1)c1nc(-c2ccc(Cl)nc2)c2ccccn12. The zero-order chi connectivity index (χ0) is 19.5. The van der Waals surface area contributed by atoms with E-state index in [-0.39, 0.29) is 5.91 Å². The Morgan fingerprint density at radius 2 is 1.86 bits per heavy atom. The second-order valence-electron chi connectivity index (χ2n) is 6.24. The zero-order valence-corrected chi connectivity index (χ0v) is 16.3. The van der Waals surface area contributed by atoms with E-state index in [1.54, 1.807) is 16.7 Å². The standard InChI is InChI=1S/C21H16Cl2N4O/c22-16-7-4-14(5-8-16)10-11-24-21(28)20-26-19(15-6-9-18(23)25-13-15)17-3-1-2-12-27(17)20/h1-9,12-13H,10-11H2,(H,24,28). The van der Waals surface area contributed by atoms with Gasteiger partial charge in [-0.3, -0.25) is 9.20 Å². The van der Waals surface area contributed by atoms with Crippen molar-refractivity contribution in [2.24, 2.45) is 0 Å². The summed E-state index contributed by atoms with van der Waals surface area (Å²) in [6.07, 6.45) is 4.18. The number of amides is 1. The average Bonchev–Trinajstić information content (AvgIpc) is 3.10. The number of nitrogens with one attached hydrogen (secondary N) is 1. The molecule has 0 bridgehead atoms. The number of carbonyl (C=O) groups excluding carboxylic acids is 1. The molecule has 0 aliphatic carbocycles. The molecule has 4 aromatic rings. The van der Waals surface area contributed by atoms with Gasteiger partial charge in [0.15, 0.2) is 0 Å². The van der Waals surface area contributed by atoms with Gasteiger partial charge in [-0.1, -0.05) is 41.4 Å². The Balaban J connectivity index is 1.57. The van der Waals surface area contributed by atoms with Crippen molar-refractivity contribution in [3.05, 3.63) is 88.6 Å². The zero-order valence-electron chi connectivity index (χ0n) is 14.8. The van der Waals surface area contributed by atoms with E-state index in [2.05, 4.69) is 15.3 Å². The molecule has 0 aliphatic heterocycles. The number of carbonyl (C=O) groups is 1. The van der Waals surface area contributed by atoms with E-state index < -0.39 is 0 Å². The lowest BCUT2D eigenvalue weighted by Gasteiger charge is -2.05. The lowest BCUT2D eigenvalue weighted by atomic mass is 10.1. The Morgan fingerprint density at radius 1 is 1.04 bits per heavy atom. The number of halogens is 2. The maximum atomic E-state index is 12.7. The van der Waals surface area contributed by atoms with Crippen LogP contribution in [0.25, 0.3) is 16.8 Å². The van der Waals surface area contributed by atoms with E-state index in [9.17, 15) is 4.79 Å². The molecular formula is C21H16Cl2N4O. The number of benzene rings is 1. The van der Waals surface area contributed by atoms with Crippen molar-refractivity contribution in [3.8, 4) is 11.3 Å². The minimum absolute atomic E-state index is 0.233. The summed E-state index contributed by atoms with van der Waals surface area (Å²) in [7, 11) is 0. The van der Waals surface area contributed by atoms with Crippen LogP contribution in [-0.4, -0.2) is 26.8 Å². The molecule has 0 radical (unpaired) electrons. The first-order chi connectivity index (χ1) is 13.6. The Kier molecular flexibility index (Phi) is 5.28. The van der Waals surface area contributed by atoms with Crippen LogP contribution < -0.4 is 5.32 Å². The number of hydrogen-bond donors (Lipinski definition) is 1. The van der Waals surface area contributed by atoms with E-state index in [1.807, 2.05) is 54.7 Å². The molecule has 140 valence electrons. The van der Waals surface area contributed by atoms with Gasteiger partial charge in [0.1, 0.15) is 5.15 Å². The number of rotatable bonds is 5. The maximum Gasteiger partial charge on any atom is 0.287 e. The van der Waals surface area contributed by atoms with Gasteiger partial charge in [-0.25, -0.2) is 9.97 Å². The number of aromatic nitrogens is 3. The van der Waals surface area contributed by atoms with Crippen LogP contribution in [0.1, 0.15) is 16.2 Å². The van der Waals surface area contributed by atoms with Crippen molar-refractivity contribution in [2.75, 3.05) is 6.54 Å². The van der Waals surface area contributed by atoms with E-state index in [0.29, 0.717) is 34.7 Å². The number of imidazole rings is 1. The van der Waals surface area contributed by atoms with Gasteiger partial charge < -0.3 is 5.32 Å². The van der Waals surface area contributed by atoms with E-state index in [4.69, 9.17) is 23.2 Å². The highest BCUT2D eigenvalue weighted by molar-refractivity contribution is 6.30. The topological polar surface area (TPSA) is 59.3 Å². The first-order valence-corrected chi connectivity index (χ1v) is 9.49. The highest BCUT2D eigenvalue weighted by Gasteiger charge is 2.18. The first-order valence-electron chi connectivity index (χ1n) is 8.73. The number of nitrogens with zero attached hydrogens (tertiary/aromatic N) is 3. The lowest BCUT2D eigenvalue weighted by molar-refractivity contribution is 0.0943. The molecule has 3 aromatic heterocycles. The van der Waals surface area contributed by atoms with Crippen molar-refractivity contribution in [1.82, 2.24) is 19.7 Å². The molecule has 5 nitrogen and oxygen atoms in total. The Hall–Kier alpha value is -2.89. The fraction of sp³-hybridized carbons (Fsp3) is 0.0952. The molecule has 4 rings (SSSR count). The van der Waals surface area contributed by atoms with Gasteiger partial charge in [-0.05, 0) is 48.4 Å². The van der Waals surface area contributed by atoms with Crippen molar-refractivity contribution < 1.29 is 4.79 Å². The van der Waals surface area contributed by atoms with E-state index >= 15 is 0 Å². The number of fused-ring (bicyclic) bond motifs is 1. The quantitative estimate of drug-likeness (QED) is 0.486. The van der Waals surface area contributed by atoms with Gasteiger partial charge in [-0.2, -0.15) is 0 Å². The summed E-state index contributed by atoms with van der Waals surface area (Å²) in [5, 5.41) is 4.04. The molecule has 0 fully saturated rings. The normalized spacial score (nSPS) is 10.9.